The monoisotopic (exact) mass is 465 g/mol. The molecule has 0 bridgehead atoms. The van der Waals surface area contributed by atoms with Gasteiger partial charge < -0.3 is 14.8 Å². The summed E-state index contributed by atoms with van der Waals surface area (Å²) in [5.74, 6) is -1.30. The van der Waals surface area contributed by atoms with E-state index in [-0.39, 0.29) is 17.6 Å². The standard InChI is InChI=1S/C22H22F3N3O3S/c1-32-19-10-16-14(11-27(26-16)15-7-5-13(12-29)6-8-15)9-18(19)28-17(21(30)31)3-2-4-20(28)22(23,24)25/h2-4,9-13,15,17H,5-8H2,1H3,(H,30,31). The minimum absolute atomic E-state index is 0.0682. The highest BCUT2D eigenvalue weighted by atomic mass is 32.2. The highest BCUT2D eigenvalue weighted by Crippen LogP contribution is 2.42. The van der Waals surface area contributed by atoms with Gasteiger partial charge in [-0.25, -0.2) is 4.79 Å². The molecule has 32 heavy (non-hydrogen) atoms. The van der Waals surface area contributed by atoms with Gasteiger partial charge in [-0.05, 0) is 50.1 Å². The second-order valence-corrected chi connectivity index (χ2v) is 8.83. The third kappa shape index (κ3) is 4.15. The van der Waals surface area contributed by atoms with Crippen LogP contribution in [-0.4, -0.2) is 45.6 Å². The van der Waals surface area contributed by atoms with Crippen LogP contribution in [0.25, 0.3) is 10.9 Å². The topological polar surface area (TPSA) is 75.4 Å². The molecule has 6 nitrogen and oxygen atoms in total. The van der Waals surface area contributed by atoms with Crippen LogP contribution in [0.3, 0.4) is 0 Å². The lowest BCUT2D eigenvalue weighted by molar-refractivity contribution is -0.137. The second-order valence-electron chi connectivity index (χ2n) is 7.98. The average Bonchev–Trinajstić information content (AvgIpc) is 3.20. The van der Waals surface area contributed by atoms with E-state index in [4.69, 9.17) is 0 Å². The number of carbonyl (C=O) groups excluding carboxylic acids is 1. The number of thioether (sulfide) groups is 1. The molecule has 0 amide bonds. The number of aliphatic carboxylic acids is 1. The summed E-state index contributed by atoms with van der Waals surface area (Å²) < 4.78 is 43.2. The van der Waals surface area contributed by atoms with Gasteiger partial charge >= 0.3 is 12.1 Å². The summed E-state index contributed by atoms with van der Waals surface area (Å²) in [7, 11) is 0. The molecule has 4 rings (SSSR count). The van der Waals surface area contributed by atoms with Crippen molar-refractivity contribution in [2.24, 2.45) is 5.92 Å². The van der Waals surface area contributed by atoms with Crippen molar-refractivity contribution in [3.8, 4) is 0 Å². The number of benzene rings is 1. The number of alkyl halides is 3. The van der Waals surface area contributed by atoms with Gasteiger partial charge in [0.1, 0.15) is 12.0 Å². The molecule has 1 aromatic heterocycles. The van der Waals surface area contributed by atoms with Crippen LogP contribution in [0, 0.1) is 5.92 Å². The number of aromatic nitrogens is 2. The van der Waals surface area contributed by atoms with Crippen molar-refractivity contribution in [3.05, 3.63) is 42.3 Å². The third-order valence-electron chi connectivity index (χ3n) is 6.02. The number of carboxylic acid groups (broad SMARTS) is 1. The number of hydrogen-bond acceptors (Lipinski definition) is 5. The molecule has 1 saturated carbocycles. The number of nitrogens with zero attached hydrogens (tertiary/aromatic N) is 3. The summed E-state index contributed by atoms with van der Waals surface area (Å²) in [5, 5.41) is 14.9. The molecule has 1 aromatic carbocycles. The molecule has 1 aliphatic carbocycles. The fourth-order valence-electron chi connectivity index (χ4n) is 4.37. The van der Waals surface area contributed by atoms with Crippen LogP contribution < -0.4 is 4.90 Å². The van der Waals surface area contributed by atoms with Crippen LogP contribution in [-0.2, 0) is 9.59 Å². The Hall–Kier alpha value is -2.75. The SMILES string of the molecule is CSc1cc2nn(C3CCC(C=O)CC3)cc2cc1N1C(C(F)(F)F)=CC=CC1C(=O)O. The molecule has 0 spiro atoms. The highest BCUT2D eigenvalue weighted by Gasteiger charge is 2.43. The quantitative estimate of drug-likeness (QED) is 0.497. The fraction of sp³-hybridized carbons (Fsp3) is 0.409. The normalized spacial score (nSPS) is 23.9. The summed E-state index contributed by atoms with van der Waals surface area (Å²) in [6, 6.07) is 1.92. The van der Waals surface area contributed by atoms with E-state index in [0.29, 0.717) is 15.8 Å². The van der Waals surface area contributed by atoms with Crippen molar-refractivity contribution in [2.45, 2.75) is 48.8 Å². The Morgan fingerprint density at radius 3 is 2.56 bits per heavy atom. The maximum Gasteiger partial charge on any atom is 0.431 e. The predicted molar refractivity (Wildman–Crippen MR) is 116 cm³/mol. The molecule has 2 aliphatic rings. The van der Waals surface area contributed by atoms with E-state index >= 15 is 0 Å². The first-order valence-electron chi connectivity index (χ1n) is 10.2. The van der Waals surface area contributed by atoms with Crippen molar-refractivity contribution < 1.29 is 27.9 Å². The van der Waals surface area contributed by atoms with Gasteiger partial charge in [-0.2, -0.15) is 18.3 Å². The molecule has 1 aliphatic heterocycles. The van der Waals surface area contributed by atoms with E-state index in [1.54, 1.807) is 24.6 Å². The Morgan fingerprint density at radius 2 is 1.97 bits per heavy atom. The zero-order valence-corrected chi connectivity index (χ0v) is 18.1. The van der Waals surface area contributed by atoms with Crippen molar-refractivity contribution in [2.75, 3.05) is 11.2 Å². The second kappa shape index (κ2) is 8.65. The number of rotatable bonds is 5. The lowest BCUT2D eigenvalue weighted by Gasteiger charge is -2.35. The van der Waals surface area contributed by atoms with Gasteiger partial charge in [0.15, 0.2) is 6.04 Å². The highest BCUT2D eigenvalue weighted by molar-refractivity contribution is 7.98. The van der Waals surface area contributed by atoms with Crippen LogP contribution in [0.1, 0.15) is 31.7 Å². The largest absolute Gasteiger partial charge is 0.479 e. The van der Waals surface area contributed by atoms with Crippen LogP contribution in [0.2, 0.25) is 0 Å². The molecule has 1 unspecified atom stereocenters. The number of fused-ring (bicyclic) bond motifs is 1. The van der Waals surface area contributed by atoms with Crippen molar-refractivity contribution in [1.29, 1.82) is 0 Å². The molecule has 1 N–H and O–H groups in total. The molecule has 1 atom stereocenters. The van der Waals surface area contributed by atoms with E-state index in [0.717, 1.165) is 49.0 Å². The Morgan fingerprint density at radius 1 is 1.25 bits per heavy atom. The van der Waals surface area contributed by atoms with E-state index < -0.39 is 23.9 Å². The summed E-state index contributed by atoms with van der Waals surface area (Å²) >= 11 is 1.24. The van der Waals surface area contributed by atoms with E-state index in [9.17, 15) is 27.9 Å². The maximum absolute atomic E-state index is 13.8. The minimum Gasteiger partial charge on any atom is -0.479 e. The summed E-state index contributed by atoms with van der Waals surface area (Å²) in [4.78, 5) is 24.2. The van der Waals surface area contributed by atoms with Crippen molar-refractivity contribution in [1.82, 2.24) is 9.78 Å². The molecule has 2 heterocycles. The molecule has 170 valence electrons. The molecule has 2 aromatic rings. The molecule has 0 saturated heterocycles. The first-order chi connectivity index (χ1) is 15.2. The molecular weight excluding hydrogens is 443 g/mol. The third-order valence-corrected chi connectivity index (χ3v) is 6.79. The Labute approximate surface area is 186 Å². The maximum atomic E-state index is 13.8. The Kier molecular flexibility index (Phi) is 6.07. The van der Waals surface area contributed by atoms with Crippen molar-refractivity contribution >= 4 is 40.6 Å². The first-order valence-corrected chi connectivity index (χ1v) is 11.4. The Bertz CT molecular complexity index is 1100. The van der Waals surface area contributed by atoms with Crippen LogP contribution in [0.4, 0.5) is 18.9 Å². The summed E-state index contributed by atoms with van der Waals surface area (Å²) in [5.41, 5.74) is -0.219. The van der Waals surface area contributed by atoms with E-state index in [1.807, 2.05) is 4.68 Å². The number of hydrogen-bond donors (Lipinski definition) is 1. The van der Waals surface area contributed by atoms with Gasteiger partial charge in [-0.15, -0.1) is 11.8 Å². The number of anilines is 1. The summed E-state index contributed by atoms with van der Waals surface area (Å²) in [6.45, 7) is 0. The summed E-state index contributed by atoms with van der Waals surface area (Å²) in [6.07, 6.45) is 6.23. The van der Waals surface area contributed by atoms with Crippen molar-refractivity contribution in [3.63, 3.8) is 0 Å². The number of allylic oxidation sites excluding steroid dienone is 3. The number of halogens is 3. The van der Waals surface area contributed by atoms with Gasteiger partial charge in [0.25, 0.3) is 0 Å². The van der Waals surface area contributed by atoms with Gasteiger partial charge in [-0.3, -0.25) is 4.68 Å². The van der Waals surface area contributed by atoms with Crippen LogP contribution >= 0.6 is 11.8 Å². The minimum atomic E-state index is -4.72. The van der Waals surface area contributed by atoms with Gasteiger partial charge in [0, 0.05) is 22.4 Å². The number of carbonyl (C=O) groups is 2. The molecular formula is C22H22F3N3O3S. The number of aldehydes is 1. The lowest BCUT2D eigenvalue weighted by Crippen LogP contribution is -2.45. The van der Waals surface area contributed by atoms with Gasteiger partial charge in [0.05, 0.1) is 17.2 Å². The smallest absolute Gasteiger partial charge is 0.431 e. The zero-order valence-electron chi connectivity index (χ0n) is 17.2. The van der Waals surface area contributed by atoms with E-state index in [2.05, 4.69) is 5.10 Å². The Balaban J connectivity index is 1.77. The van der Waals surface area contributed by atoms with Gasteiger partial charge in [-0.1, -0.05) is 12.2 Å². The molecule has 1 fully saturated rings. The number of carboxylic acids is 1. The van der Waals surface area contributed by atoms with Crippen LogP contribution in [0.5, 0.6) is 0 Å². The van der Waals surface area contributed by atoms with Crippen LogP contribution in [0.15, 0.2) is 47.2 Å². The van der Waals surface area contributed by atoms with Gasteiger partial charge in [0.2, 0.25) is 0 Å². The predicted octanol–water partition coefficient (Wildman–Crippen LogP) is 4.96. The van der Waals surface area contributed by atoms with E-state index in [1.165, 1.54) is 17.8 Å². The fourth-order valence-corrected chi connectivity index (χ4v) is 4.97. The zero-order chi connectivity index (χ0) is 23.0. The molecule has 0 radical (unpaired) electrons. The first kappa shape index (κ1) is 22.4. The lowest BCUT2D eigenvalue weighted by atomic mass is 9.87. The molecule has 10 heteroatoms. The average molecular weight is 465 g/mol.